The fourth-order valence-electron chi connectivity index (χ4n) is 3.69. The van der Waals surface area contributed by atoms with Crippen molar-refractivity contribution < 1.29 is 14.0 Å². The zero-order valence-corrected chi connectivity index (χ0v) is 15.2. The van der Waals surface area contributed by atoms with Crippen LogP contribution < -0.4 is 5.73 Å². The largest absolute Gasteiger partial charge is 0.464 e. The highest BCUT2D eigenvalue weighted by molar-refractivity contribution is 5.88. The Kier molecular flexibility index (Phi) is 4.84. The van der Waals surface area contributed by atoms with Gasteiger partial charge >= 0.3 is 0 Å². The Balaban J connectivity index is 1.76. The molecule has 5 heteroatoms. The first-order chi connectivity index (χ1) is 11.9. The highest BCUT2D eigenvalue weighted by Crippen LogP contribution is 2.29. The number of amides is 2. The molecule has 2 heterocycles. The van der Waals surface area contributed by atoms with Crippen LogP contribution in [0.3, 0.4) is 0 Å². The fourth-order valence-corrected chi connectivity index (χ4v) is 3.69. The number of carbonyl (C=O) groups is 2. The second-order valence-corrected chi connectivity index (χ2v) is 7.35. The van der Waals surface area contributed by atoms with Crippen LogP contribution in [0.15, 0.2) is 22.8 Å². The molecule has 0 unspecified atom stereocenters. The zero-order chi connectivity index (χ0) is 18.1. The molecular formula is C20H26N2O3. The maximum absolute atomic E-state index is 12.6. The zero-order valence-electron chi connectivity index (χ0n) is 15.2. The monoisotopic (exact) mass is 342 g/mol. The van der Waals surface area contributed by atoms with Gasteiger partial charge in [-0.25, -0.2) is 0 Å². The molecule has 2 amide bonds. The molecule has 0 bridgehead atoms. The van der Waals surface area contributed by atoms with E-state index in [4.69, 9.17) is 10.2 Å². The lowest BCUT2D eigenvalue weighted by Gasteiger charge is -2.30. The summed E-state index contributed by atoms with van der Waals surface area (Å²) in [7, 11) is 0. The van der Waals surface area contributed by atoms with Gasteiger partial charge in [-0.1, -0.05) is 13.8 Å². The number of benzene rings is 1. The minimum Gasteiger partial charge on any atom is -0.464 e. The van der Waals surface area contributed by atoms with Gasteiger partial charge in [0.2, 0.25) is 11.8 Å². The van der Waals surface area contributed by atoms with Crippen molar-refractivity contribution in [3.8, 4) is 0 Å². The second-order valence-electron chi connectivity index (χ2n) is 7.35. The average molecular weight is 342 g/mol. The first-order valence-electron chi connectivity index (χ1n) is 8.94. The van der Waals surface area contributed by atoms with Crippen molar-refractivity contribution >= 4 is 22.8 Å². The van der Waals surface area contributed by atoms with E-state index in [1.807, 2.05) is 4.90 Å². The molecule has 0 atom stereocenters. The van der Waals surface area contributed by atoms with Gasteiger partial charge in [0.25, 0.3) is 0 Å². The number of nitrogens with two attached hydrogens (primary N) is 1. The number of likely N-dealkylation sites (tertiary alicyclic amines) is 1. The smallest absolute Gasteiger partial charge is 0.227 e. The third-order valence-corrected chi connectivity index (χ3v) is 5.26. The number of hydrogen-bond acceptors (Lipinski definition) is 3. The van der Waals surface area contributed by atoms with Crippen LogP contribution >= 0.6 is 0 Å². The highest BCUT2D eigenvalue weighted by Gasteiger charge is 2.26. The third-order valence-electron chi connectivity index (χ3n) is 5.26. The van der Waals surface area contributed by atoms with E-state index >= 15 is 0 Å². The number of furan rings is 1. The van der Waals surface area contributed by atoms with E-state index in [9.17, 15) is 9.59 Å². The molecule has 2 N–H and O–H groups in total. The molecule has 3 rings (SSSR count). The van der Waals surface area contributed by atoms with Crippen molar-refractivity contribution in [1.29, 1.82) is 0 Å². The Hall–Kier alpha value is -2.30. The van der Waals surface area contributed by atoms with Gasteiger partial charge in [-0.15, -0.1) is 0 Å². The highest BCUT2D eigenvalue weighted by atomic mass is 16.3. The molecule has 0 saturated carbocycles. The molecule has 0 aliphatic carbocycles. The average Bonchev–Trinajstić information content (AvgIpc) is 2.95. The van der Waals surface area contributed by atoms with Crippen LogP contribution in [0.4, 0.5) is 0 Å². The third kappa shape index (κ3) is 3.55. The minimum absolute atomic E-state index is 0.0808. The lowest BCUT2D eigenvalue weighted by molar-refractivity contribution is -0.134. The summed E-state index contributed by atoms with van der Waals surface area (Å²) in [5.74, 6) is 0.146. The Morgan fingerprint density at radius 3 is 2.56 bits per heavy atom. The first-order valence-corrected chi connectivity index (χ1v) is 8.94. The van der Waals surface area contributed by atoms with Crippen LogP contribution in [-0.4, -0.2) is 29.8 Å². The Morgan fingerprint density at radius 1 is 1.28 bits per heavy atom. The molecule has 1 aromatic carbocycles. The number of piperidine rings is 1. The Bertz CT molecular complexity index is 799. The van der Waals surface area contributed by atoms with Crippen molar-refractivity contribution in [3.63, 3.8) is 0 Å². The summed E-state index contributed by atoms with van der Waals surface area (Å²) in [5, 5.41) is 1.02. The standard InChI is InChI=1S/C20H26N2O3/c1-12(2)16-10-17-15(11-25-18(17)8-13(16)3)9-19(23)22-6-4-14(5-7-22)20(21)24/h8,10-12,14H,4-7,9H2,1-3H3,(H2,21,24). The summed E-state index contributed by atoms with van der Waals surface area (Å²) in [5.41, 5.74) is 9.61. The van der Waals surface area contributed by atoms with Crippen molar-refractivity contribution in [2.75, 3.05) is 13.1 Å². The van der Waals surface area contributed by atoms with Crippen molar-refractivity contribution in [2.24, 2.45) is 11.7 Å². The van der Waals surface area contributed by atoms with Gasteiger partial charge in [0.1, 0.15) is 5.58 Å². The van der Waals surface area contributed by atoms with E-state index in [-0.39, 0.29) is 17.7 Å². The number of aryl methyl sites for hydroxylation is 1. The van der Waals surface area contributed by atoms with Gasteiger partial charge < -0.3 is 15.1 Å². The summed E-state index contributed by atoms with van der Waals surface area (Å²) < 4.78 is 5.67. The number of fused-ring (bicyclic) bond motifs is 1. The fraction of sp³-hybridized carbons (Fsp3) is 0.500. The van der Waals surface area contributed by atoms with Gasteiger partial charge in [0.05, 0.1) is 12.7 Å². The van der Waals surface area contributed by atoms with Gasteiger partial charge in [-0.2, -0.15) is 0 Å². The summed E-state index contributed by atoms with van der Waals surface area (Å²) in [6.07, 6.45) is 3.34. The van der Waals surface area contributed by atoms with Crippen LogP contribution in [0, 0.1) is 12.8 Å². The molecule has 5 nitrogen and oxygen atoms in total. The van der Waals surface area contributed by atoms with E-state index in [1.54, 1.807) is 6.26 Å². The predicted octanol–water partition coefficient (Wildman–Crippen LogP) is 3.13. The van der Waals surface area contributed by atoms with Gasteiger partial charge in [-0.05, 0) is 48.9 Å². The van der Waals surface area contributed by atoms with Gasteiger partial charge in [-0.3, -0.25) is 9.59 Å². The Labute approximate surface area is 148 Å². The molecule has 25 heavy (non-hydrogen) atoms. The summed E-state index contributed by atoms with van der Waals surface area (Å²) >= 11 is 0. The van der Waals surface area contributed by atoms with E-state index in [1.165, 1.54) is 11.1 Å². The maximum Gasteiger partial charge on any atom is 0.227 e. The molecule has 0 radical (unpaired) electrons. The maximum atomic E-state index is 12.6. The first kappa shape index (κ1) is 17.5. The topological polar surface area (TPSA) is 76.5 Å². The van der Waals surface area contributed by atoms with Gasteiger partial charge in [0, 0.05) is 30.0 Å². The summed E-state index contributed by atoms with van der Waals surface area (Å²) in [6, 6.07) is 4.21. The van der Waals surface area contributed by atoms with E-state index in [2.05, 4.69) is 32.9 Å². The van der Waals surface area contributed by atoms with Crippen LogP contribution in [-0.2, 0) is 16.0 Å². The van der Waals surface area contributed by atoms with Gasteiger partial charge in [0.15, 0.2) is 0 Å². The predicted molar refractivity (Wildman–Crippen MR) is 97.2 cm³/mol. The van der Waals surface area contributed by atoms with Crippen molar-refractivity contribution in [1.82, 2.24) is 4.90 Å². The molecular weight excluding hydrogens is 316 g/mol. The molecule has 1 aromatic heterocycles. The molecule has 0 spiro atoms. The second kappa shape index (κ2) is 6.90. The normalized spacial score (nSPS) is 15.9. The van der Waals surface area contributed by atoms with E-state index < -0.39 is 0 Å². The SMILES string of the molecule is Cc1cc2occ(CC(=O)N3CCC(C(N)=O)CC3)c2cc1C(C)C. The quantitative estimate of drug-likeness (QED) is 0.927. The number of rotatable bonds is 4. The van der Waals surface area contributed by atoms with Crippen molar-refractivity contribution in [2.45, 2.75) is 46.0 Å². The minimum atomic E-state index is -0.260. The van der Waals surface area contributed by atoms with Crippen LogP contribution in [0.25, 0.3) is 11.0 Å². The molecule has 1 saturated heterocycles. The lowest BCUT2D eigenvalue weighted by atomic mass is 9.94. The van der Waals surface area contributed by atoms with Crippen LogP contribution in [0.5, 0.6) is 0 Å². The van der Waals surface area contributed by atoms with E-state index in [0.717, 1.165) is 16.5 Å². The summed E-state index contributed by atoms with van der Waals surface area (Å²) in [6.45, 7) is 7.62. The van der Waals surface area contributed by atoms with Crippen molar-refractivity contribution in [3.05, 3.63) is 35.1 Å². The van der Waals surface area contributed by atoms with E-state index in [0.29, 0.717) is 38.3 Å². The molecule has 1 aliphatic rings. The number of carbonyl (C=O) groups excluding carboxylic acids is 2. The number of primary amides is 1. The number of nitrogens with zero attached hydrogens (tertiary/aromatic N) is 1. The van der Waals surface area contributed by atoms with Crippen LogP contribution in [0.2, 0.25) is 0 Å². The molecule has 134 valence electrons. The molecule has 2 aromatic rings. The van der Waals surface area contributed by atoms with Crippen LogP contribution in [0.1, 0.15) is 49.3 Å². The lowest BCUT2D eigenvalue weighted by Crippen LogP contribution is -2.42. The Morgan fingerprint density at radius 2 is 1.96 bits per heavy atom. The number of hydrogen-bond donors (Lipinski definition) is 1. The molecule has 1 aliphatic heterocycles. The summed E-state index contributed by atoms with van der Waals surface area (Å²) in [4.78, 5) is 25.7. The molecule has 1 fully saturated rings.